The molecule has 1 aliphatic carbocycles. The highest BCUT2D eigenvalue weighted by molar-refractivity contribution is 9.09. The third kappa shape index (κ3) is 2.73. The van der Waals surface area contributed by atoms with Crippen molar-refractivity contribution in [2.24, 2.45) is 5.92 Å². The summed E-state index contributed by atoms with van der Waals surface area (Å²) in [6.07, 6.45) is 5.21. The molecule has 0 amide bonds. The summed E-state index contributed by atoms with van der Waals surface area (Å²) in [7, 11) is 2.11. The Kier molecular flexibility index (Phi) is 3.79. The zero-order chi connectivity index (χ0) is 11.5. The summed E-state index contributed by atoms with van der Waals surface area (Å²) in [6, 6.07) is 2.09. The third-order valence-electron chi connectivity index (χ3n) is 3.17. The van der Waals surface area contributed by atoms with Gasteiger partial charge in [-0.05, 0) is 25.2 Å². The lowest BCUT2D eigenvalue weighted by Gasteiger charge is -2.34. The van der Waals surface area contributed by atoms with E-state index in [-0.39, 0.29) is 0 Å². The minimum Gasteiger partial charge on any atom is -0.359 e. The maximum absolute atomic E-state index is 4.32. The van der Waals surface area contributed by atoms with Gasteiger partial charge in [-0.15, -0.1) is 0 Å². The minimum atomic E-state index is 0.738. The molecule has 4 heteroatoms. The lowest BCUT2D eigenvalue weighted by molar-refractivity contribution is 0.338. The fraction of sp³-hybridized carbons (Fsp3) is 0.667. The Labute approximate surface area is 105 Å². The Balaban J connectivity index is 1.94. The molecular formula is C12H18BrN3. The normalized spacial score (nSPS) is 23.9. The Morgan fingerprint density at radius 1 is 1.44 bits per heavy atom. The molecule has 0 radical (unpaired) electrons. The first-order chi connectivity index (χ1) is 7.69. The summed E-state index contributed by atoms with van der Waals surface area (Å²) < 4.78 is 0. The van der Waals surface area contributed by atoms with Crippen molar-refractivity contribution in [1.82, 2.24) is 9.97 Å². The van der Waals surface area contributed by atoms with Crippen molar-refractivity contribution in [2.75, 3.05) is 18.5 Å². The van der Waals surface area contributed by atoms with Gasteiger partial charge in [0, 0.05) is 30.2 Å². The molecule has 1 aromatic heterocycles. The second kappa shape index (κ2) is 5.13. The molecule has 0 atom stereocenters. The predicted octanol–water partition coefficient (Wildman–Crippen LogP) is 2.65. The Hall–Kier alpha value is -0.640. The number of aromatic nitrogens is 2. The van der Waals surface area contributed by atoms with Gasteiger partial charge in [0.25, 0.3) is 0 Å². The van der Waals surface area contributed by atoms with E-state index in [2.05, 4.69) is 50.8 Å². The van der Waals surface area contributed by atoms with E-state index in [0.29, 0.717) is 0 Å². The van der Waals surface area contributed by atoms with Crippen molar-refractivity contribution in [3.05, 3.63) is 18.1 Å². The van der Waals surface area contributed by atoms with E-state index in [9.17, 15) is 0 Å². The zero-order valence-electron chi connectivity index (χ0n) is 9.86. The van der Waals surface area contributed by atoms with Crippen molar-refractivity contribution in [3.63, 3.8) is 0 Å². The zero-order valence-corrected chi connectivity index (χ0v) is 11.4. The van der Waals surface area contributed by atoms with Crippen LogP contribution in [0.3, 0.4) is 0 Å². The third-order valence-corrected chi connectivity index (χ3v) is 3.92. The molecule has 0 aliphatic heterocycles. The number of alkyl halides is 1. The van der Waals surface area contributed by atoms with E-state index < -0.39 is 0 Å². The molecule has 0 N–H and O–H groups in total. The van der Waals surface area contributed by atoms with Crippen LogP contribution in [0.15, 0.2) is 12.4 Å². The second-order valence-electron chi connectivity index (χ2n) is 4.54. The fourth-order valence-electron chi connectivity index (χ4n) is 2.07. The maximum Gasteiger partial charge on any atom is 0.131 e. The van der Waals surface area contributed by atoms with Gasteiger partial charge >= 0.3 is 0 Å². The van der Waals surface area contributed by atoms with Gasteiger partial charge in [0.2, 0.25) is 0 Å². The van der Waals surface area contributed by atoms with Gasteiger partial charge in [0.05, 0.1) is 0 Å². The summed E-state index contributed by atoms with van der Waals surface area (Å²) in [5.41, 5.74) is 1.11. The monoisotopic (exact) mass is 283 g/mol. The molecule has 88 valence electrons. The van der Waals surface area contributed by atoms with E-state index in [1.54, 1.807) is 6.33 Å². The number of hydrogen-bond donors (Lipinski definition) is 0. The molecule has 0 unspecified atom stereocenters. The van der Waals surface area contributed by atoms with Gasteiger partial charge in [-0.25, -0.2) is 9.97 Å². The van der Waals surface area contributed by atoms with Gasteiger partial charge in [-0.2, -0.15) is 0 Å². The van der Waals surface area contributed by atoms with Crippen LogP contribution < -0.4 is 4.90 Å². The first-order valence-corrected chi connectivity index (χ1v) is 6.76. The molecule has 0 aromatic carbocycles. The van der Waals surface area contributed by atoms with Crippen LogP contribution in [0.2, 0.25) is 0 Å². The highest BCUT2D eigenvalue weighted by Crippen LogP contribution is 2.34. The molecule has 1 saturated carbocycles. The average molecular weight is 284 g/mol. The SMILES string of the molecule is CCc1cc(N(C)CC2CC(Br)C2)ncn1. The van der Waals surface area contributed by atoms with Gasteiger partial charge in [-0.3, -0.25) is 0 Å². The van der Waals surface area contributed by atoms with Crippen molar-refractivity contribution < 1.29 is 0 Å². The highest BCUT2D eigenvalue weighted by atomic mass is 79.9. The molecule has 1 heterocycles. The van der Waals surface area contributed by atoms with E-state index in [0.717, 1.165) is 35.2 Å². The van der Waals surface area contributed by atoms with E-state index in [1.165, 1.54) is 12.8 Å². The molecule has 0 bridgehead atoms. The standard InChI is InChI=1S/C12H18BrN3/c1-3-11-6-12(15-8-14-11)16(2)7-9-4-10(13)5-9/h6,8-10H,3-5,7H2,1-2H3. The van der Waals surface area contributed by atoms with E-state index in [1.807, 2.05) is 0 Å². The van der Waals surface area contributed by atoms with Crippen molar-refractivity contribution in [1.29, 1.82) is 0 Å². The predicted molar refractivity (Wildman–Crippen MR) is 70.1 cm³/mol. The lowest BCUT2D eigenvalue weighted by Crippen LogP contribution is -2.35. The second-order valence-corrected chi connectivity index (χ2v) is 5.83. The van der Waals surface area contributed by atoms with Crippen LogP contribution in [0, 0.1) is 5.92 Å². The number of hydrogen-bond acceptors (Lipinski definition) is 3. The van der Waals surface area contributed by atoms with Crippen LogP contribution in [0.4, 0.5) is 5.82 Å². The number of nitrogens with zero attached hydrogens (tertiary/aromatic N) is 3. The Morgan fingerprint density at radius 2 is 2.19 bits per heavy atom. The number of halogens is 1. The molecule has 3 nitrogen and oxygen atoms in total. The van der Waals surface area contributed by atoms with Crippen molar-refractivity contribution in [2.45, 2.75) is 31.0 Å². The van der Waals surface area contributed by atoms with Crippen molar-refractivity contribution in [3.8, 4) is 0 Å². The lowest BCUT2D eigenvalue weighted by atomic mass is 9.85. The first kappa shape index (κ1) is 11.8. The van der Waals surface area contributed by atoms with Gasteiger partial charge < -0.3 is 4.90 Å². The van der Waals surface area contributed by atoms with E-state index >= 15 is 0 Å². The smallest absolute Gasteiger partial charge is 0.131 e. The summed E-state index contributed by atoms with van der Waals surface area (Å²) in [5.74, 6) is 1.86. The van der Waals surface area contributed by atoms with Gasteiger partial charge in [-0.1, -0.05) is 22.9 Å². The van der Waals surface area contributed by atoms with Gasteiger partial charge in [0.15, 0.2) is 0 Å². The topological polar surface area (TPSA) is 29.0 Å². The van der Waals surface area contributed by atoms with Crippen molar-refractivity contribution >= 4 is 21.7 Å². The van der Waals surface area contributed by atoms with Gasteiger partial charge in [0.1, 0.15) is 12.1 Å². The molecule has 0 spiro atoms. The van der Waals surface area contributed by atoms with Crippen LogP contribution in [-0.2, 0) is 6.42 Å². The Morgan fingerprint density at radius 3 is 2.81 bits per heavy atom. The first-order valence-electron chi connectivity index (χ1n) is 5.85. The highest BCUT2D eigenvalue weighted by Gasteiger charge is 2.27. The molecule has 1 fully saturated rings. The van der Waals surface area contributed by atoms with Crippen LogP contribution in [-0.4, -0.2) is 28.4 Å². The molecule has 16 heavy (non-hydrogen) atoms. The molecule has 0 saturated heterocycles. The number of anilines is 1. The largest absolute Gasteiger partial charge is 0.359 e. The number of aryl methyl sites for hydroxylation is 1. The summed E-state index contributed by atoms with van der Waals surface area (Å²) in [4.78, 5) is 11.5. The summed E-state index contributed by atoms with van der Waals surface area (Å²) in [5, 5.41) is 0. The van der Waals surface area contributed by atoms with Crippen LogP contribution in [0.5, 0.6) is 0 Å². The summed E-state index contributed by atoms with van der Waals surface area (Å²) in [6.45, 7) is 3.22. The molecule has 1 aromatic rings. The van der Waals surface area contributed by atoms with Crippen LogP contribution in [0.25, 0.3) is 0 Å². The minimum absolute atomic E-state index is 0.738. The molecule has 1 aliphatic rings. The average Bonchev–Trinajstić information content (AvgIpc) is 2.27. The Bertz CT molecular complexity index is 350. The van der Waals surface area contributed by atoms with E-state index in [4.69, 9.17) is 0 Å². The molecule has 2 rings (SSSR count). The van der Waals surface area contributed by atoms with Crippen LogP contribution in [0.1, 0.15) is 25.5 Å². The quantitative estimate of drug-likeness (QED) is 0.796. The maximum atomic E-state index is 4.32. The van der Waals surface area contributed by atoms with Crippen LogP contribution >= 0.6 is 15.9 Å². The summed E-state index contributed by atoms with van der Waals surface area (Å²) >= 11 is 3.63. The molecular weight excluding hydrogens is 266 g/mol. The number of rotatable bonds is 4. The fourth-order valence-corrected chi connectivity index (χ4v) is 3.13.